The van der Waals surface area contributed by atoms with Crippen molar-refractivity contribution in [3.8, 4) is 0 Å². The van der Waals surface area contributed by atoms with E-state index in [1.54, 1.807) is 0 Å². The van der Waals surface area contributed by atoms with E-state index in [1.165, 1.54) is 46.2 Å². The largest absolute Gasteiger partial charge is 4.00 e. The van der Waals surface area contributed by atoms with Gasteiger partial charge in [0.05, 0.1) is 0 Å². The molecule has 2 aromatic carbocycles. The van der Waals surface area contributed by atoms with Crippen LogP contribution in [0, 0.1) is 27.7 Å². The van der Waals surface area contributed by atoms with Crippen LogP contribution >= 0.6 is 0 Å². The molecule has 3 heteroatoms. The average molecular weight is 489 g/mol. The summed E-state index contributed by atoms with van der Waals surface area (Å²) in [5.41, 5.74) is 9.52. The molecule has 0 saturated heterocycles. The smallest absolute Gasteiger partial charge is 1.00 e. The van der Waals surface area contributed by atoms with Gasteiger partial charge in [0.15, 0.2) is 0 Å². The zero-order valence-corrected chi connectivity index (χ0v) is 22.9. The van der Waals surface area contributed by atoms with Crippen LogP contribution in [0.3, 0.4) is 0 Å². The maximum Gasteiger partial charge on any atom is 4.00 e. The molecular weight excluding hydrogens is 450 g/mol. The molecule has 0 aliphatic rings. The molecule has 0 N–H and O–H groups in total. The Bertz CT molecular complexity index is 602. The van der Waals surface area contributed by atoms with E-state index in [0.717, 1.165) is 0 Å². The van der Waals surface area contributed by atoms with E-state index < -0.39 is 0 Å². The predicted molar refractivity (Wildman–Crippen MR) is 110 cm³/mol. The van der Waals surface area contributed by atoms with Crippen LogP contribution in [0.15, 0.2) is 24.3 Å². The van der Waals surface area contributed by atoms with Gasteiger partial charge >= 0.3 is 26.2 Å². The number of rotatable bonds is 4. The molecule has 0 radical (unpaired) electrons. The van der Waals surface area contributed by atoms with Crippen LogP contribution in [-0.2, 0) is 37.0 Å². The molecule has 0 saturated carbocycles. The minimum absolute atomic E-state index is 0. The Labute approximate surface area is 200 Å². The number of halogens is 2. The van der Waals surface area contributed by atoms with Gasteiger partial charge in [-0.2, -0.15) is 45.5 Å². The molecular formula is C24H38Cl2Zr. The molecule has 0 heterocycles. The summed E-state index contributed by atoms with van der Waals surface area (Å²) >= 11 is 0. The van der Waals surface area contributed by atoms with Crippen LogP contribution in [0.5, 0.6) is 0 Å². The Morgan fingerprint density at radius 1 is 0.704 bits per heavy atom. The molecule has 27 heavy (non-hydrogen) atoms. The molecule has 0 atom stereocenters. The van der Waals surface area contributed by atoms with E-state index in [-0.39, 0.29) is 51.0 Å². The van der Waals surface area contributed by atoms with Gasteiger partial charge in [-0.1, -0.05) is 92.9 Å². The summed E-state index contributed by atoms with van der Waals surface area (Å²) < 4.78 is 0. The SMILES string of the molecule is CCC(C)(C)c1cc[c-](C)c1C.CCC(C)(C)c1cc[c-](C)c1C.[Cl-].[Cl-].[Zr+4]. The van der Waals surface area contributed by atoms with Crippen molar-refractivity contribution >= 4 is 0 Å². The fourth-order valence-corrected chi connectivity index (χ4v) is 3.19. The third-order valence-electron chi connectivity index (χ3n) is 6.22. The fourth-order valence-electron chi connectivity index (χ4n) is 3.19. The molecule has 2 rings (SSSR count). The van der Waals surface area contributed by atoms with Crippen molar-refractivity contribution in [3.05, 3.63) is 57.6 Å². The molecule has 0 fully saturated rings. The van der Waals surface area contributed by atoms with Crippen molar-refractivity contribution in [1.29, 1.82) is 0 Å². The van der Waals surface area contributed by atoms with Gasteiger partial charge < -0.3 is 24.8 Å². The van der Waals surface area contributed by atoms with Crippen molar-refractivity contribution in [1.82, 2.24) is 0 Å². The molecule has 0 bridgehead atoms. The molecule has 0 unspecified atom stereocenters. The first-order chi connectivity index (χ1) is 11.0. The molecule has 0 nitrogen and oxygen atoms in total. The molecule has 0 spiro atoms. The van der Waals surface area contributed by atoms with Gasteiger partial charge in [-0.3, -0.25) is 0 Å². The first-order valence-corrected chi connectivity index (χ1v) is 9.44. The quantitative estimate of drug-likeness (QED) is 0.572. The van der Waals surface area contributed by atoms with E-state index >= 15 is 0 Å². The van der Waals surface area contributed by atoms with Crippen LogP contribution in [0.1, 0.15) is 87.8 Å². The second-order valence-electron chi connectivity index (χ2n) is 8.58. The van der Waals surface area contributed by atoms with Gasteiger partial charge in [-0.05, 0) is 0 Å². The maximum absolute atomic E-state index is 2.31. The summed E-state index contributed by atoms with van der Waals surface area (Å²) in [7, 11) is 0. The second-order valence-corrected chi connectivity index (χ2v) is 8.58. The fraction of sp³-hybridized carbons (Fsp3) is 0.583. The van der Waals surface area contributed by atoms with Crippen LogP contribution < -0.4 is 24.8 Å². The summed E-state index contributed by atoms with van der Waals surface area (Å²) in [5.74, 6) is 0. The Hall–Kier alpha value is 0.163. The Balaban J connectivity index is -0.000000384. The van der Waals surface area contributed by atoms with Crippen LogP contribution in [0.4, 0.5) is 0 Å². The molecule has 0 aliphatic carbocycles. The molecule has 0 amide bonds. The maximum atomic E-state index is 2.31. The minimum Gasteiger partial charge on any atom is -1.00 e. The summed E-state index contributed by atoms with van der Waals surface area (Å²) in [5, 5.41) is 0. The topological polar surface area (TPSA) is 0 Å². The second kappa shape index (κ2) is 12.7. The van der Waals surface area contributed by atoms with E-state index in [1.807, 2.05) is 0 Å². The van der Waals surface area contributed by atoms with Crippen molar-refractivity contribution in [2.45, 2.75) is 92.9 Å². The molecule has 0 aromatic heterocycles. The average Bonchev–Trinajstić information content (AvgIpc) is 3.04. The number of hydrogen-bond acceptors (Lipinski definition) is 0. The van der Waals surface area contributed by atoms with Crippen molar-refractivity contribution in [2.24, 2.45) is 0 Å². The van der Waals surface area contributed by atoms with E-state index in [4.69, 9.17) is 0 Å². The van der Waals surface area contributed by atoms with Crippen molar-refractivity contribution < 1.29 is 51.0 Å². The third-order valence-corrected chi connectivity index (χ3v) is 6.22. The van der Waals surface area contributed by atoms with E-state index in [9.17, 15) is 0 Å². The summed E-state index contributed by atoms with van der Waals surface area (Å²) in [4.78, 5) is 0. The van der Waals surface area contributed by atoms with Crippen LogP contribution in [0.25, 0.3) is 0 Å². The Kier molecular flexibility index (Phi) is 14.9. The van der Waals surface area contributed by atoms with Gasteiger partial charge in [-0.15, -0.1) is 0 Å². The van der Waals surface area contributed by atoms with E-state index in [0.29, 0.717) is 10.8 Å². The number of aryl methyl sites for hydroxylation is 2. The Morgan fingerprint density at radius 3 is 1.11 bits per heavy atom. The molecule has 2 aromatic rings. The predicted octanol–water partition coefficient (Wildman–Crippen LogP) is 1.43. The van der Waals surface area contributed by atoms with Gasteiger partial charge in [0.2, 0.25) is 0 Å². The summed E-state index contributed by atoms with van der Waals surface area (Å²) in [6, 6.07) is 8.99. The van der Waals surface area contributed by atoms with Crippen LogP contribution in [0.2, 0.25) is 0 Å². The monoisotopic (exact) mass is 486 g/mol. The van der Waals surface area contributed by atoms with Crippen molar-refractivity contribution in [3.63, 3.8) is 0 Å². The first-order valence-electron chi connectivity index (χ1n) is 9.44. The van der Waals surface area contributed by atoms with Gasteiger partial charge in [-0.25, -0.2) is 12.1 Å². The van der Waals surface area contributed by atoms with Crippen LogP contribution in [-0.4, -0.2) is 0 Å². The Morgan fingerprint density at radius 2 is 0.963 bits per heavy atom. The van der Waals surface area contributed by atoms with Gasteiger partial charge in [0.25, 0.3) is 0 Å². The van der Waals surface area contributed by atoms with Gasteiger partial charge in [0.1, 0.15) is 0 Å². The summed E-state index contributed by atoms with van der Waals surface area (Å²) in [6.45, 7) is 22.6. The number of hydrogen-bond donors (Lipinski definition) is 0. The molecule has 0 aliphatic heterocycles. The zero-order valence-electron chi connectivity index (χ0n) is 19.0. The van der Waals surface area contributed by atoms with Gasteiger partial charge in [0, 0.05) is 0 Å². The van der Waals surface area contributed by atoms with E-state index in [2.05, 4.69) is 93.5 Å². The molecule has 152 valence electrons. The zero-order chi connectivity index (χ0) is 18.7. The first kappa shape index (κ1) is 31.8. The van der Waals surface area contributed by atoms with Crippen molar-refractivity contribution in [2.75, 3.05) is 0 Å². The third kappa shape index (κ3) is 7.83. The minimum atomic E-state index is 0. The standard InChI is InChI=1S/2C12H19.2ClH.Zr/c2*1-6-12(4,5)11-8-7-9(2)10(11)3;;;/h2*7-8H,6H2,1-5H3;2*1H;/q2*-1;;;+4/p-2. The summed E-state index contributed by atoms with van der Waals surface area (Å²) in [6.07, 6.45) is 2.41. The normalized spacial score (nSPS) is 10.7.